The lowest BCUT2D eigenvalue weighted by atomic mass is 10.4. The van der Waals surface area contributed by atoms with Gasteiger partial charge in [0.15, 0.2) is 0 Å². The Morgan fingerprint density at radius 2 is 2.09 bits per heavy atom. The van der Waals surface area contributed by atoms with E-state index in [1.165, 1.54) is 12.8 Å². The van der Waals surface area contributed by atoms with Crippen molar-refractivity contribution in [1.29, 1.82) is 0 Å². The summed E-state index contributed by atoms with van der Waals surface area (Å²) >= 11 is 0. The minimum atomic E-state index is -0.0306. The molecule has 1 rings (SSSR count). The van der Waals surface area contributed by atoms with Gasteiger partial charge < -0.3 is 10.2 Å². The van der Waals surface area contributed by atoms with E-state index >= 15 is 0 Å². The van der Waals surface area contributed by atoms with E-state index in [0.717, 1.165) is 13.1 Å². The lowest BCUT2D eigenvalue weighted by Gasteiger charge is -2.09. The van der Waals surface area contributed by atoms with Crippen LogP contribution in [0, 0.1) is 0 Å². The Balaban J connectivity index is 2.27. The summed E-state index contributed by atoms with van der Waals surface area (Å²) in [5, 5.41) is 2.54. The zero-order chi connectivity index (χ0) is 8.10. The third-order valence-corrected chi connectivity index (χ3v) is 1.82. The van der Waals surface area contributed by atoms with E-state index < -0.39 is 0 Å². The van der Waals surface area contributed by atoms with Gasteiger partial charge in [-0.15, -0.1) is 0 Å². The van der Waals surface area contributed by atoms with Crippen LogP contribution in [0.5, 0.6) is 0 Å². The molecule has 11 heavy (non-hydrogen) atoms. The quantitative estimate of drug-likeness (QED) is 0.582. The molecule has 0 bridgehead atoms. The fraction of sp³-hybridized carbons (Fsp3) is 0.625. The number of hydrogen-bond donors (Lipinski definition) is 1. The van der Waals surface area contributed by atoms with Gasteiger partial charge in [-0.05, 0) is 12.8 Å². The Labute approximate surface area is 67.1 Å². The number of carbonyl (C=O) groups is 1. The smallest absolute Gasteiger partial charge is 0.245 e. The number of likely N-dealkylation sites (N-methyl/N-ethyl adjacent to an activating group) is 1. The maximum absolute atomic E-state index is 10.7. The van der Waals surface area contributed by atoms with Crippen LogP contribution in [0.25, 0.3) is 0 Å². The highest BCUT2D eigenvalue weighted by Gasteiger charge is 2.06. The summed E-state index contributed by atoms with van der Waals surface area (Å²) in [5.74, 6) is -0.0306. The highest BCUT2D eigenvalue weighted by molar-refractivity contribution is 5.87. The fourth-order valence-corrected chi connectivity index (χ4v) is 1.15. The van der Waals surface area contributed by atoms with Crippen molar-refractivity contribution in [3.8, 4) is 0 Å². The zero-order valence-corrected chi connectivity index (χ0v) is 6.84. The van der Waals surface area contributed by atoms with Crippen LogP contribution in [-0.4, -0.2) is 30.9 Å². The summed E-state index contributed by atoms with van der Waals surface area (Å²) in [6.45, 7) is 2.18. The molecule has 1 fully saturated rings. The molecule has 0 aliphatic carbocycles. The van der Waals surface area contributed by atoms with Crippen molar-refractivity contribution in [3.63, 3.8) is 0 Å². The van der Waals surface area contributed by atoms with E-state index in [-0.39, 0.29) is 5.91 Å². The van der Waals surface area contributed by atoms with Crippen LogP contribution in [0.4, 0.5) is 0 Å². The van der Waals surface area contributed by atoms with Crippen molar-refractivity contribution in [2.45, 2.75) is 12.8 Å². The van der Waals surface area contributed by atoms with Gasteiger partial charge in [-0.1, -0.05) is 0 Å². The topological polar surface area (TPSA) is 32.3 Å². The summed E-state index contributed by atoms with van der Waals surface area (Å²) in [5.41, 5.74) is 0. The molecular formula is C8H14N2O. The molecule has 0 saturated carbocycles. The molecule has 0 unspecified atom stereocenters. The van der Waals surface area contributed by atoms with Crippen molar-refractivity contribution in [2.24, 2.45) is 0 Å². The average Bonchev–Trinajstić information content (AvgIpc) is 2.52. The monoisotopic (exact) mass is 154 g/mol. The predicted octanol–water partition coefficient (Wildman–Crippen LogP) is 0.342. The summed E-state index contributed by atoms with van der Waals surface area (Å²) < 4.78 is 0. The van der Waals surface area contributed by atoms with Crippen molar-refractivity contribution in [1.82, 2.24) is 10.2 Å². The van der Waals surface area contributed by atoms with E-state index in [0.29, 0.717) is 0 Å². The predicted molar refractivity (Wildman–Crippen MR) is 44.0 cm³/mol. The average molecular weight is 154 g/mol. The second-order valence-corrected chi connectivity index (χ2v) is 2.67. The molecule has 1 aliphatic rings. The molecule has 1 amide bonds. The van der Waals surface area contributed by atoms with Crippen molar-refractivity contribution in [3.05, 3.63) is 12.3 Å². The summed E-state index contributed by atoms with van der Waals surface area (Å²) in [4.78, 5) is 12.9. The molecule has 0 spiro atoms. The molecule has 62 valence electrons. The maximum atomic E-state index is 10.7. The molecule has 3 nitrogen and oxygen atoms in total. The van der Waals surface area contributed by atoms with Gasteiger partial charge >= 0.3 is 0 Å². The minimum absolute atomic E-state index is 0.0306. The van der Waals surface area contributed by atoms with Gasteiger partial charge in [0.05, 0.1) is 0 Å². The molecule has 3 heteroatoms. The van der Waals surface area contributed by atoms with Crippen molar-refractivity contribution in [2.75, 3.05) is 20.1 Å². The van der Waals surface area contributed by atoms with Crippen LogP contribution in [0.1, 0.15) is 12.8 Å². The lowest BCUT2D eigenvalue weighted by molar-refractivity contribution is -0.116. The van der Waals surface area contributed by atoms with E-state index in [2.05, 4.69) is 10.2 Å². The first-order valence-electron chi connectivity index (χ1n) is 3.97. The number of carbonyl (C=O) groups excluding carboxylic acids is 1. The Hall–Kier alpha value is -0.990. The standard InChI is InChI=1S/C8H14N2O/c1-9-8(11)4-7-10-5-2-3-6-10/h4,7H,2-3,5-6H2,1H3,(H,9,11). The van der Waals surface area contributed by atoms with Crippen molar-refractivity contribution < 1.29 is 4.79 Å². The van der Waals surface area contributed by atoms with Gasteiger partial charge in [0.25, 0.3) is 0 Å². The van der Waals surface area contributed by atoms with Gasteiger partial charge in [0, 0.05) is 32.4 Å². The number of amides is 1. The third kappa shape index (κ3) is 2.62. The van der Waals surface area contributed by atoms with E-state index in [1.807, 2.05) is 6.20 Å². The van der Waals surface area contributed by atoms with Gasteiger partial charge in [-0.3, -0.25) is 4.79 Å². The van der Waals surface area contributed by atoms with Crippen molar-refractivity contribution >= 4 is 5.91 Å². The second-order valence-electron chi connectivity index (χ2n) is 2.67. The van der Waals surface area contributed by atoms with Crippen LogP contribution < -0.4 is 5.32 Å². The number of likely N-dealkylation sites (tertiary alicyclic amines) is 1. The van der Waals surface area contributed by atoms with Gasteiger partial charge in [0.1, 0.15) is 0 Å². The van der Waals surface area contributed by atoms with E-state index in [9.17, 15) is 4.79 Å². The first-order chi connectivity index (χ1) is 5.33. The first-order valence-corrected chi connectivity index (χ1v) is 3.97. The number of nitrogens with one attached hydrogen (secondary N) is 1. The number of hydrogen-bond acceptors (Lipinski definition) is 2. The third-order valence-electron chi connectivity index (χ3n) is 1.82. The first kappa shape index (κ1) is 8.11. The molecule has 1 heterocycles. The molecule has 0 aromatic carbocycles. The van der Waals surface area contributed by atoms with Gasteiger partial charge in [-0.2, -0.15) is 0 Å². The normalized spacial score (nSPS) is 17.7. The molecule has 1 saturated heterocycles. The minimum Gasteiger partial charge on any atom is -0.377 e. The Morgan fingerprint density at radius 3 is 2.64 bits per heavy atom. The largest absolute Gasteiger partial charge is 0.377 e. The zero-order valence-electron chi connectivity index (χ0n) is 6.84. The van der Waals surface area contributed by atoms with Crippen LogP contribution in [0.2, 0.25) is 0 Å². The van der Waals surface area contributed by atoms with Gasteiger partial charge in [0.2, 0.25) is 5.91 Å². The highest BCUT2D eigenvalue weighted by Crippen LogP contribution is 2.06. The summed E-state index contributed by atoms with van der Waals surface area (Å²) in [6.07, 6.45) is 5.94. The molecule has 0 aromatic rings. The molecule has 0 atom stereocenters. The lowest BCUT2D eigenvalue weighted by Crippen LogP contribution is -2.17. The Kier molecular flexibility index (Phi) is 2.95. The SMILES string of the molecule is CNC(=O)C=CN1CCCC1. The summed E-state index contributed by atoms with van der Waals surface area (Å²) in [7, 11) is 1.64. The highest BCUT2D eigenvalue weighted by atomic mass is 16.1. The molecule has 0 aromatic heterocycles. The Bertz CT molecular complexity index is 159. The van der Waals surface area contributed by atoms with E-state index in [4.69, 9.17) is 0 Å². The van der Waals surface area contributed by atoms with Crippen LogP contribution in [0.15, 0.2) is 12.3 Å². The van der Waals surface area contributed by atoms with Crippen LogP contribution in [0.3, 0.4) is 0 Å². The number of rotatable bonds is 2. The Morgan fingerprint density at radius 1 is 1.45 bits per heavy atom. The second kappa shape index (κ2) is 4.01. The number of nitrogens with zero attached hydrogens (tertiary/aromatic N) is 1. The molecule has 0 radical (unpaired) electrons. The maximum Gasteiger partial charge on any atom is 0.245 e. The molecule has 1 N–H and O–H groups in total. The molecular weight excluding hydrogens is 140 g/mol. The fourth-order valence-electron chi connectivity index (χ4n) is 1.15. The van der Waals surface area contributed by atoms with Crippen LogP contribution in [-0.2, 0) is 4.79 Å². The van der Waals surface area contributed by atoms with Crippen LogP contribution >= 0.6 is 0 Å². The molecule has 1 aliphatic heterocycles. The summed E-state index contributed by atoms with van der Waals surface area (Å²) in [6, 6.07) is 0. The van der Waals surface area contributed by atoms with Gasteiger partial charge in [-0.25, -0.2) is 0 Å². The van der Waals surface area contributed by atoms with E-state index in [1.54, 1.807) is 13.1 Å².